The van der Waals surface area contributed by atoms with E-state index in [-0.39, 0.29) is 17.3 Å². The second-order valence-electron chi connectivity index (χ2n) is 3.88. The minimum atomic E-state index is -3.45. The first-order valence-corrected chi connectivity index (χ1v) is 7.45. The maximum Gasteiger partial charge on any atom is 0.235 e. The predicted molar refractivity (Wildman–Crippen MR) is 57.0 cm³/mol. The second kappa shape index (κ2) is 4.37. The third kappa shape index (κ3) is 2.61. The maximum absolute atomic E-state index is 11.0. The van der Waals surface area contributed by atoms with Crippen LogP contribution in [0.1, 0.15) is 33.1 Å². The summed E-state index contributed by atoms with van der Waals surface area (Å²) in [5.74, 6) is -0.0593. The van der Waals surface area contributed by atoms with E-state index in [4.69, 9.17) is 15.4 Å². The number of hydrogen-bond acceptors (Lipinski definition) is 3. The van der Waals surface area contributed by atoms with Crippen molar-refractivity contribution in [2.45, 2.75) is 39.2 Å². The Labute approximate surface area is 90.2 Å². The Bertz CT molecular complexity index is 282. The number of halogens is 1. The molecule has 0 amide bonds. The monoisotopic (exact) mass is 240 g/mol. The van der Waals surface area contributed by atoms with E-state index in [0.717, 1.165) is 19.3 Å². The van der Waals surface area contributed by atoms with Crippen molar-refractivity contribution in [3.05, 3.63) is 0 Å². The molecule has 0 aromatic rings. The van der Waals surface area contributed by atoms with Gasteiger partial charge < -0.3 is 4.74 Å². The highest BCUT2D eigenvalue weighted by Gasteiger charge is 2.42. The average Bonchev–Trinajstić information content (AvgIpc) is 2.46. The van der Waals surface area contributed by atoms with Crippen LogP contribution in [0, 0.1) is 5.41 Å². The fourth-order valence-corrected chi connectivity index (χ4v) is 3.36. The SMILES string of the molecule is CCC1(CC)CCOC1CS(=O)(=O)Cl. The maximum atomic E-state index is 11.0. The molecule has 0 bridgehead atoms. The minimum Gasteiger partial charge on any atom is -0.377 e. The molecule has 0 spiro atoms. The molecule has 0 aromatic heterocycles. The summed E-state index contributed by atoms with van der Waals surface area (Å²) < 4.78 is 27.4. The minimum absolute atomic E-state index is 0.0158. The largest absolute Gasteiger partial charge is 0.377 e. The highest BCUT2D eigenvalue weighted by atomic mass is 35.7. The van der Waals surface area contributed by atoms with Crippen molar-refractivity contribution >= 4 is 19.7 Å². The molecule has 84 valence electrons. The molecule has 0 N–H and O–H groups in total. The van der Waals surface area contributed by atoms with E-state index in [2.05, 4.69) is 13.8 Å². The number of ether oxygens (including phenoxy) is 1. The van der Waals surface area contributed by atoms with Crippen molar-refractivity contribution in [2.75, 3.05) is 12.4 Å². The van der Waals surface area contributed by atoms with Gasteiger partial charge in [-0.05, 0) is 24.7 Å². The lowest BCUT2D eigenvalue weighted by Crippen LogP contribution is -2.34. The Morgan fingerprint density at radius 3 is 2.43 bits per heavy atom. The summed E-state index contributed by atoms with van der Waals surface area (Å²) >= 11 is 0. The molecule has 0 aromatic carbocycles. The van der Waals surface area contributed by atoms with Gasteiger partial charge in [0, 0.05) is 17.3 Å². The number of rotatable bonds is 4. The van der Waals surface area contributed by atoms with Gasteiger partial charge in [-0.2, -0.15) is 0 Å². The van der Waals surface area contributed by atoms with Crippen LogP contribution in [0.3, 0.4) is 0 Å². The van der Waals surface area contributed by atoms with Crippen molar-refractivity contribution in [2.24, 2.45) is 5.41 Å². The molecule has 14 heavy (non-hydrogen) atoms. The molecule has 5 heteroatoms. The number of hydrogen-bond donors (Lipinski definition) is 0. The second-order valence-corrected chi connectivity index (χ2v) is 6.71. The Morgan fingerprint density at radius 2 is 2.00 bits per heavy atom. The molecule has 3 nitrogen and oxygen atoms in total. The highest BCUT2D eigenvalue weighted by Crippen LogP contribution is 2.41. The van der Waals surface area contributed by atoms with E-state index in [1.54, 1.807) is 0 Å². The fraction of sp³-hybridized carbons (Fsp3) is 1.00. The molecule has 0 aliphatic carbocycles. The first-order chi connectivity index (χ1) is 6.43. The van der Waals surface area contributed by atoms with E-state index >= 15 is 0 Å². The summed E-state index contributed by atoms with van der Waals surface area (Å²) in [7, 11) is 1.80. The molecule has 0 saturated carbocycles. The van der Waals surface area contributed by atoms with Gasteiger partial charge in [-0.3, -0.25) is 0 Å². The van der Waals surface area contributed by atoms with Crippen LogP contribution in [0.2, 0.25) is 0 Å². The molecule has 1 aliphatic heterocycles. The van der Waals surface area contributed by atoms with Gasteiger partial charge in [0.25, 0.3) is 0 Å². The molecule has 1 unspecified atom stereocenters. The third-order valence-electron chi connectivity index (χ3n) is 3.36. The van der Waals surface area contributed by atoms with Gasteiger partial charge in [0.05, 0.1) is 11.9 Å². The van der Waals surface area contributed by atoms with Gasteiger partial charge >= 0.3 is 0 Å². The fourth-order valence-electron chi connectivity index (χ4n) is 2.21. The molecule has 1 atom stereocenters. The van der Waals surface area contributed by atoms with Crippen molar-refractivity contribution in [1.82, 2.24) is 0 Å². The summed E-state index contributed by atoms with van der Waals surface area (Å²) in [5.41, 5.74) is 0.0158. The Kier molecular flexibility index (Phi) is 3.83. The summed E-state index contributed by atoms with van der Waals surface area (Å²) in [4.78, 5) is 0. The van der Waals surface area contributed by atoms with Crippen molar-refractivity contribution in [3.8, 4) is 0 Å². The summed E-state index contributed by atoms with van der Waals surface area (Å²) in [5, 5.41) is 0. The van der Waals surface area contributed by atoms with E-state index < -0.39 is 9.05 Å². The van der Waals surface area contributed by atoms with Crippen LogP contribution in [-0.4, -0.2) is 26.9 Å². The predicted octanol–water partition coefficient (Wildman–Crippen LogP) is 2.15. The molecule has 1 rings (SSSR count). The Morgan fingerprint density at radius 1 is 1.43 bits per heavy atom. The van der Waals surface area contributed by atoms with Gasteiger partial charge in [-0.1, -0.05) is 13.8 Å². The zero-order valence-electron chi connectivity index (χ0n) is 8.62. The van der Waals surface area contributed by atoms with Crippen LogP contribution in [0.15, 0.2) is 0 Å². The molecule has 1 fully saturated rings. The quantitative estimate of drug-likeness (QED) is 0.708. The lowest BCUT2D eigenvalue weighted by Gasteiger charge is -2.31. The molecule has 1 heterocycles. The molecular weight excluding hydrogens is 224 g/mol. The zero-order chi connectivity index (χ0) is 10.8. The van der Waals surface area contributed by atoms with Gasteiger partial charge in [0.15, 0.2) is 0 Å². The lowest BCUT2D eigenvalue weighted by molar-refractivity contribution is 0.0619. The van der Waals surface area contributed by atoms with Crippen LogP contribution < -0.4 is 0 Å². The summed E-state index contributed by atoms with van der Waals surface area (Å²) in [6, 6.07) is 0. The lowest BCUT2D eigenvalue weighted by atomic mass is 9.77. The standard InChI is InChI=1S/C9H17ClO3S/c1-3-9(4-2)5-6-13-8(9)7-14(10,11)12/h8H,3-7H2,1-2H3. The van der Waals surface area contributed by atoms with Crippen LogP contribution >= 0.6 is 10.7 Å². The molecular formula is C9H17ClO3S. The zero-order valence-corrected chi connectivity index (χ0v) is 10.2. The first kappa shape index (κ1) is 12.3. The molecule has 0 radical (unpaired) electrons. The topological polar surface area (TPSA) is 43.4 Å². The van der Waals surface area contributed by atoms with E-state index in [0.29, 0.717) is 6.61 Å². The Hall–Kier alpha value is 0.200. The first-order valence-electron chi connectivity index (χ1n) is 4.97. The van der Waals surface area contributed by atoms with Gasteiger partial charge in [-0.15, -0.1) is 0 Å². The van der Waals surface area contributed by atoms with Crippen molar-refractivity contribution in [1.29, 1.82) is 0 Å². The Balaban J connectivity index is 2.77. The van der Waals surface area contributed by atoms with Crippen LogP contribution in [0.25, 0.3) is 0 Å². The smallest absolute Gasteiger partial charge is 0.235 e. The van der Waals surface area contributed by atoms with Crippen LogP contribution in [0.4, 0.5) is 0 Å². The van der Waals surface area contributed by atoms with Crippen molar-refractivity contribution < 1.29 is 13.2 Å². The third-order valence-corrected chi connectivity index (χ3v) is 4.44. The summed E-state index contributed by atoms with van der Waals surface area (Å²) in [6.45, 7) is 4.80. The highest BCUT2D eigenvalue weighted by molar-refractivity contribution is 8.13. The van der Waals surface area contributed by atoms with Crippen molar-refractivity contribution in [3.63, 3.8) is 0 Å². The van der Waals surface area contributed by atoms with Gasteiger partial charge in [-0.25, -0.2) is 8.42 Å². The molecule has 1 saturated heterocycles. The summed E-state index contributed by atoms with van der Waals surface area (Å²) in [6.07, 6.45) is 2.61. The van der Waals surface area contributed by atoms with Gasteiger partial charge in [0.1, 0.15) is 0 Å². The van der Waals surface area contributed by atoms with Crippen LogP contribution in [-0.2, 0) is 13.8 Å². The van der Waals surface area contributed by atoms with E-state index in [9.17, 15) is 8.42 Å². The van der Waals surface area contributed by atoms with Gasteiger partial charge in [0.2, 0.25) is 9.05 Å². The average molecular weight is 241 g/mol. The normalized spacial score (nSPS) is 26.6. The van der Waals surface area contributed by atoms with E-state index in [1.165, 1.54) is 0 Å². The van der Waals surface area contributed by atoms with Crippen LogP contribution in [0.5, 0.6) is 0 Å². The van der Waals surface area contributed by atoms with E-state index in [1.807, 2.05) is 0 Å². The molecule has 1 aliphatic rings.